The summed E-state index contributed by atoms with van der Waals surface area (Å²) in [7, 11) is -0.743. The van der Waals surface area contributed by atoms with Crippen LogP contribution in [0.3, 0.4) is 0 Å². The molecule has 0 saturated carbocycles. The molecular weight excluding hydrogens is 502 g/mol. The first-order chi connectivity index (χ1) is 18.3. The Morgan fingerprint density at radius 1 is 1.16 bits per heavy atom. The summed E-state index contributed by atoms with van der Waals surface area (Å²) in [4.78, 5) is 16.9. The Labute approximate surface area is 221 Å². The maximum Gasteiger partial charge on any atom is 0.261 e. The fraction of sp³-hybridized carbons (Fsp3) is 0.185. The average Bonchev–Trinajstić information content (AvgIpc) is 3.60. The Morgan fingerprint density at radius 2 is 1.95 bits per heavy atom. The number of carbonyl (C=O) groups is 1. The number of amides is 1. The lowest BCUT2D eigenvalue weighted by Crippen LogP contribution is -2.26. The van der Waals surface area contributed by atoms with Gasteiger partial charge in [0.25, 0.3) is 5.91 Å². The minimum Gasteiger partial charge on any atom is -0.351 e. The van der Waals surface area contributed by atoms with Crippen LogP contribution in [0.4, 0.5) is 0 Å². The summed E-state index contributed by atoms with van der Waals surface area (Å²) in [6, 6.07) is 17.8. The van der Waals surface area contributed by atoms with E-state index in [-0.39, 0.29) is 10.5 Å². The van der Waals surface area contributed by atoms with Crippen LogP contribution in [-0.4, -0.2) is 58.6 Å². The molecule has 0 radical (unpaired) electrons. The number of imidazole rings is 1. The summed E-state index contributed by atoms with van der Waals surface area (Å²) >= 11 is 0. The monoisotopic (exact) mass is 529 g/mol. The highest BCUT2D eigenvalue weighted by Gasteiger charge is 2.20. The highest BCUT2D eigenvalue weighted by Crippen LogP contribution is 2.28. The number of rotatable bonds is 10. The number of hydrogen-bond acceptors (Lipinski definition) is 6. The molecule has 0 aliphatic heterocycles. The van der Waals surface area contributed by atoms with Crippen molar-refractivity contribution in [3.05, 3.63) is 90.7 Å². The van der Waals surface area contributed by atoms with Gasteiger partial charge in [-0.2, -0.15) is 10.4 Å². The van der Waals surface area contributed by atoms with Crippen LogP contribution in [0.2, 0.25) is 0 Å². The van der Waals surface area contributed by atoms with Gasteiger partial charge in [-0.25, -0.2) is 22.4 Å². The molecule has 4 rings (SSSR count). The van der Waals surface area contributed by atoms with Crippen molar-refractivity contribution in [2.45, 2.75) is 17.9 Å². The molecule has 0 aliphatic carbocycles. The standard InChI is InChI=1S/C27H27N7O3S/c1-32(2)38(36,37)25-11-6-8-21(17-25)26-23(19-34(31-26)24-9-4-3-5-10-24)16-22(18-28)27(35)30-12-7-14-33-15-13-29-20-33/h3-6,8-11,13,15-17,19-20H,7,12,14H2,1-2H3,(H,30,35). The van der Waals surface area contributed by atoms with Crippen molar-refractivity contribution < 1.29 is 13.2 Å². The molecule has 0 aliphatic rings. The number of sulfonamides is 1. The van der Waals surface area contributed by atoms with Crippen molar-refractivity contribution in [2.75, 3.05) is 20.6 Å². The van der Waals surface area contributed by atoms with Crippen LogP contribution in [0.1, 0.15) is 12.0 Å². The van der Waals surface area contributed by atoms with Gasteiger partial charge in [0.1, 0.15) is 17.3 Å². The van der Waals surface area contributed by atoms with E-state index in [1.807, 2.05) is 47.2 Å². The number of benzene rings is 2. The van der Waals surface area contributed by atoms with E-state index < -0.39 is 15.9 Å². The molecule has 0 unspecified atom stereocenters. The summed E-state index contributed by atoms with van der Waals surface area (Å²) < 4.78 is 30.1. The van der Waals surface area contributed by atoms with Crippen LogP contribution in [0, 0.1) is 11.3 Å². The first-order valence-electron chi connectivity index (χ1n) is 11.8. The Kier molecular flexibility index (Phi) is 8.15. The quantitative estimate of drug-likeness (QED) is 0.191. The predicted octanol–water partition coefficient (Wildman–Crippen LogP) is 3.10. The number of para-hydroxylation sites is 1. The van der Waals surface area contributed by atoms with Crippen molar-refractivity contribution in [3.63, 3.8) is 0 Å². The van der Waals surface area contributed by atoms with Gasteiger partial charge in [-0.1, -0.05) is 30.3 Å². The van der Waals surface area contributed by atoms with Gasteiger partial charge in [0, 0.05) is 56.9 Å². The fourth-order valence-corrected chi connectivity index (χ4v) is 4.67. The normalized spacial score (nSPS) is 11.9. The molecule has 0 fully saturated rings. The van der Waals surface area contributed by atoms with Crippen LogP contribution < -0.4 is 5.32 Å². The molecule has 2 aromatic carbocycles. The third-order valence-corrected chi connectivity index (χ3v) is 7.56. The van der Waals surface area contributed by atoms with Gasteiger partial charge in [-0.05, 0) is 36.8 Å². The molecule has 1 amide bonds. The smallest absolute Gasteiger partial charge is 0.261 e. The zero-order valence-corrected chi connectivity index (χ0v) is 21.8. The van der Waals surface area contributed by atoms with Crippen molar-refractivity contribution in [1.82, 2.24) is 29.0 Å². The highest BCUT2D eigenvalue weighted by molar-refractivity contribution is 7.89. The van der Waals surface area contributed by atoms with Crippen LogP contribution in [0.25, 0.3) is 23.0 Å². The molecule has 1 N–H and O–H groups in total. The molecule has 0 saturated heterocycles. The van der Waals surface area contributed by atoms with E-state index in [1.54, 1.807) is 35.5 Å². The summed E-state index contributed by atoms with van der Waals surface area (Å²) in [6.45, 7) is 1.07. The van der Waals surface area contributed by atoms with E-state index in [0.29, 0.717) is 36.3 Å². The van der Waals surface area contributed by atoms with Gasteiger partial charge in [-0.15, -0.1) is 0 Å². The van der Waals surface area contributed by atoms with Crippen LogP contribution in [0.15, 0.2) is 90.0 Å². The van der Waals surface area contributed by atoms with Crippen LogP contribution >= 0.6 is 0 Å². The molecule has 38 heavy (non-hydrogen) atoms. The SMILES string of the molecule is CN(C)S(=O)(=O)c1cccc(-c2nn(-c3ccccc3)cc2C=C(C#N)C(=O)NCCCn2ccnc2)c1. The molecular formula is C27H27N7O3S. The van der Waals surface area contributed by atoms with Crippen molar-refractivity contribution in [3.8, 4) is 23.0 Å². The van der Waals surface area contributed by atoms with Gasteiger partial charge in [0.2, 0.25) is 10.0 Å². The number of nitrogens with zero attached hydrogens (tertiary/aromatic N) is 6. The number of aromatic nitrogens is 4. The zero-order valence-electron chi connectivity index (χ0n) is 21.0. The van der Waals surface area contributed by atoms with Crippen molar-refractivity contribution in [1.29, 1.82) is 5.26 Å². The minimum atomic E-state index is -3.67. The van der Waals surface area contributed by atoms with E-state index in [9.17, 15) is 18.5 Å². The van der Waals surface area contributed by atoms with Crippen LogP contribution in [0.5, 0.6) is 0 Å². The largest absolute Gasteiger partial charge is 0.351 e. The van der Waals surface area contributed by atoms with Crippen LogP contribution in [-0.2, 0) is 21.4 Å². The molecule has 2 heterocycles. The number of aryl methyl sites for hydroxylation is 1. The molecule has 4 aromatic rings. The second-order valence-electron chi connectivity index (χ2n) is 8.61. The molecule has 11 heteroatoms. The molecule has 194 valence electrons. The topological polar surface area (TPSA) is 126 Å². The van der Waals surface area contributed by atoms with E-state index in [2.05, 4.69) is 15.4 Å². The molecule has 0 spiro atoms. The summed E-state index contributed by atoms with van der Waals surface area (Å²) in [6.07, 6.45) is 9.08. The van der Waals surface area contributed by atoms with Gasteiger partial charge in [0.15, 0.2) is 0 Å². The van der Waals surface area contributed by atoms with Crippen molar-refractivity contribution in [2.24, 2.45) is 0 Å². The maximum atomic E-state index is 12.8. The maximum absolute atomic E-state index is 12.8. The van der Waals surface area contributed by atoms with Crippen molar-refractivity contribution >= 4 is 22.0 Å². The minimum absolute atomic E-state index is 0.0847. The Bertz CT molecular complexity index is 1580. The lowest BCUT2D eigenvalue weighted by Gasteiger charge is -2.12. The Balaban J connectivity index is 1.67. The number of hydrogen-bond donors (Lipinski definition) is 1. The summed E-state index contributed by atoms with van der Waals surface area (Å²) in [5.74, 6) is -0.500. The molecule has 10 nitrogen and oxygen atoms in total. The third kappa shape index (κ3) is 6.05. The second-order valence-corrected chi connectivity index (χ2v) is 10.8. The first-order valence-corrected chi connectivity index (χ1v) is 13.3. The summed E-state index contributed by atoms with van der Waals surface area (Å²) in [5.41, 5.74) is 2.15. The lowest BCUT2D eigenvalue weighted by atomic mass is 10.1. The first kappa shape index (κ1) is 26.5. The molecule has 2 aromatic heterocycles. The van der Waals surface area contributed by atoms with E-state index in [1.165, 1.54) is 32.3 Å². The van der Waals surface area contributed by atoms with E-state index >= 15 is 0 Å². The number of carbonyl (C=O) groups excluding carboxylic acids is 1. The lowest BCUT2D eigenvalue weighted by molar-refractivity contribution is -0.117. The third-order valence-electron chi connectivity index (χ3n) is 5.75. The van der Waals surface area contributed by atoms with Gasteiger partial charge in [0.05, 0.1) is 16.9 Å². The van der Waals surface area contributed by atoms with Gasteiger partial charge in [-0.3, -0.25) is 4.79 Å². The zero-order chi connectivity index (χ0) is 27.1. The van der Waals surface area contributed by atoms with Gasteiger partial charge < -0.3 is 9.88 Å². The van der Waals surface area contributed by atoms with E-state index in [4.69, 9.17) is 0 Å². The number of nitriles is 1. The molecule has 0 bridgehead atoms. The Morgan fingerprint density at radius 3 is 2.63 bits per heavy atom. The highest BCUT2D eigenvalue weighted by atomic mass is 32.2. The Hall–Kier alpha value is -4.53. The molecule has 0 atom stereocenters. The predicted molar refractivity (Wildman–Crippen MR) is 143 cm³/mol. The fourth-order valence-electron chi connectivity index (χ4n) is 3.73. The van der Waals surface area contributed by atoms with Gasteiger partial charge >= 0.3 is 0 Å². The average molecular weight is 530 g/mol. The van der Waals surface area contributed by atoms with E-state index in [0.717, 1.165) is 9.99 Å². The summed E-state index contributed by atoms with van der Waals surface area (Å²) in [5, 5.41) is 17.2. The number of nitrogens with one attached hydrogen (secondary N) is 1. The second kappa shape index (κ2) is 11.7.